The maximum absolute atomic E-state index is 13.5. The molecule has 0 aromatic heterocycles. The van der Waals surface area contributed by atoms with Crippen LogP contribution in [0.1, 0.15) is 61.3 Å². The van der Waals surface area contributed by atoms with Crippen molar-refractivity contribution in [3.63, 3.8) is 0 Å². The van der Waals surface area contributed by atoms with Crippen LogP contribution in [0.3, 0.4) is 0 Å². The lowest BCUT2D eigenvalue weighted by Gasteiger charge is -2.35. The van der Waals surface area contributed by atoms with Gasteiger partial charge in [-0.3, -0.25) is 14.4 Å². The molecule has 0 bridgehead atoms. The van der Waals surface area contributed by atoms with E-state index in [1.165, 1.54) is 4.90 Å². The summed E-state index contributed by atoms with van der Waals surface area (Å²) in [6.45, 7) is 13.2. The van der Waals surface area contributed by atoms with Crippen LogP contribution in [0.4, 0.5) is 4.79 Å². The van der Waals surface area contributed by atoms with E-state index in [2.05, 4.69) is 10.6 Å². The number of Topliss-reactive ketones (excluding diaryl/α,β-unsaturated/α-hetero) is 1. The van der Waals surface area contributed by atoms with Crippen molar-refractivity contribution in [3.8, 4) is 0 Å². The quantitative estimate of drug-likeness (QED) is 0.481. The molecular weight excluding hydrogens is 430 g/mol. The number of nitrogens with one attached hydrogen (secondary N) is 2. The van der Waals surface area contributed by atoms with Gasteiger partial charge in [0.1, 0.15) is 23.2 Å². The maximum atomic E-state index is 13.5. The van der Waals surface area contributed by atoms with Crippen LogP contribution in [0, 0.1) is 23.2 Å². The Kier molecular flexibility index (Phi) is 6.05. The summed E-state index contributed by atoms with van der Waals surface area (Å²) in [7, 11) is 0. The number of ketones is 1. The van der Waals surface area contributed by atoms with Crippen molar-refractivity contribution in [2.45, 2.75) is 84.5 Å². The van der Waals surface area contributed by atoms with Crippen LogP contribution in [-0.2, 0) is 23.9 Å². The van der Waals surface area contributed by atoms with Gasteiger partial charge in [-0.1, -0.05) is 27.7 Å². The molecular formula is C23H35N3O7. The van der Waals surface area contributed by atoms with Gasteiger partial charge >= 0.3 is 12.1 Å². The predicted octanol–water partition coefficient (Wildman–Crippen LogP) is 1.32. The van der Waals surface area contributed by atoms with Crippen LogP contribution in [0.25, 0.3) is 0 Å². The number of ether oxygens (including phenoxy) is 1. The molecule has 3 aliphatic rings. The minimum atomic E-state index is -1.58. The fourth-order valence-corrected chi connectivity index (χ4v) is 4.99. The third kappa shape index (κ3) is 4.70. The van der Waals surface area contributed by atoms with Crippen LogP contribution >= 0.6 is 0 Å². The van der Waals surface area contributed by atoms with Crippen molar-refractivity contribution < 1.29 is 33.8 Å². The van der Waals surface area contributed by atoms with Crippen molar-refractivity contribution in [3.05, 3.63) is 0 Å². The Morgan fingerprint density at radius 1 is 1.09 bits per heavy atom. The van der Waals surface area contributed by atoms with Crippen molar-refractivity contribution in [2.24, 2.45) is 23.2 Å². The topological polar surface area (TPSA) is 142 Å². The average molecular weight is 466 g/mol. The second-order valence-corrected chi connectivity index (χ2v) is 11.5. The number of carbonyl (C=O) groups is 5. The van der Waals surface area contributed by atoms with Gasteiger partial charge in [-0.15, -0.1) is 0 Å². The molecule has 0 spiro atoms. The average Bonchev–Trinajstić information content (AvgIpc) is 3.47. The first-order valence-corrected chi connectivity index (χ1v) is 11.4. The highest BCUT2D eigenvalue weighted by Crippen LogP contribution is 2.65. The van der Waals surface area contributed by atoms with E-state index >= 15 is 0 Å². The summed E-state index contributed by atoms with van der Waals surface area (Å²) < 4.78 is 5.30. The van der Waals surface area contributed by atoms with E-state index in [4.69, 9.17) is 9.84 Å². The molecule has 1 aliphatic heterocycles. The minimum Gasteiger partial charge on any atom is -0.475 e. The van der Waals surface area contributed by atoms with Crippen molar-refractivity contribution >= 4 is 29.7 Å². The number of hydrogen-bond acceptors (Lipinski definition) is 6. The van der Waals surface area contributed by atoms with Gasteiger partial charge in [0.2, 0.25) is 11.8 Å². The molecule has 2 saturated carbocycles. The highest BCUT2D eigenvalue weighted by molar-refractivity contribution is 6.37. The number of amides is 3. The number of aliphatic carboxylic acids is 1. The smallest absolute Gasteiger partial charge is 0.408 e. The Labute approximate surface area is 193 Å². The fourth-order valence-electron chi connectivity index (χ4n) is 4.99. The molecule has 0 aromatic rings. The molecule has 2 aliphatic carbocycles. The standard InChI is InChI=1S/C23H35N3O7/c1-11(2)14(24-20(32)33-21(3,4)5)18(29)26-10-12-13(22(12,6)7)15(26)17(28)25-23(8-9-23)16(27)19(30)31/h11-15H,8-10H2,1-7H3,(H,24,32)(H,25,28)(H,30,31). The van der Waals surface area contributed by atoms with Crippen LogP contribution < -0.4 is 10.6 Å². The molecule has 0 radical (unpaired) electrons. The van der Waals surface area contributed by atoms with Gasteiger partial charge in [0.25, 0.3) is 5.78 Å². The number of nitrogens with zero attached hydrogens (tertiary/aromatic N) is 1. The summed E-state index contributed by atoms with van der Waals surface area (Å²) >= 11 is 0. The molecule has 1 heterocycles. The number of carbonyl (C=O) groups excluding carboxylic acids is 4. The molecule has 3 amide bonds. The second-order valence-electron chi connectivity index (χ2n) is 11.5. The Morgan fingerprint density at radius 3 is 2.12 bits per heavy atom. The number of carboxylic acids is 1. The van der Waals surface area contributed by atoms with Crippen LogP contribution in [0.5, 0.6) is 0 Å². The van der Waals surface area contributed by atoms with Gasteiger partial charge in [0.05, 0.1) is 0 Å². The molecule has 184 valence electrons. The first-order chi connectivity index (χ1) is 15.0. The van der Waals surface area contributed by atoms with E-state index in [1.807, 2.05) is 13.8 Å². The zero-order chi connectivity index (χ0) is 25.1. The van der Waals surface area contributed by atoms with E-state index in [0.717, 1.165) is 0 Å². The molecule has 10 heteroatoms. The van der Waals surface area contributed by atoms with Gasteiger partial charge in [-0.25, -0.2) is 9.59 Å². The van der Waals surface area contributed by atoms with Gasteiger partial charge in [0, 0.05) is 6.54 Å². The highest BCUT2D eigenvalue weighted by atomic mass is 16.6. The lowest BCUT2D eigenvalue weighted by atomic mass is 9.97. The van der Waals surface area contributed by atoms with E-state index in [9.17, 15) is 24.0 Å². The lowest BCUT2D eigenvalue weighted by Crippen LogP contribution is -2.59. The number of likely N-dealkylation sites (tertiary alicyclic amines) is 1. The number of piperidine rings is 1. The highest BCUT2D eigenvalue weighted by Gasteiger charge is 2.70. The van der Waals surface area contributed by atoms with E-state index < -0.39 is 52.9 Å². The molecule has 3 fully saturated rings. The number of hydrogen-bond donors (Lipinski definition) is 3. The Bertz CT molecular complexity index is 885. The summed E-state index contributed by atoms with van der Waals surface area (Å²) in [6.07, 6.45) is -0.197. The molecule has 10 nitrogen and oxygen atoms in total. The largest absolute Gasteiger partial charge is 0.475 e. The zero-order valence-corrected chi connectivity index (χ0v) is 20.4. The molecule has 4 unspecified atom stereocenters. The molecule has 0 aromatic carbocycles. The minimum absolute atomic E-state index is 0.105. The first kappa shape index (κ1) is 25.0. The number of rotatable bonds is 7. The van der Waals surface area contributed by atoms with Crippen molar-refractivity contribution in [2.75, 3.05) is 6.54 Å². The Morgan fingerprint density at radius 2 is 1.67 bits per heavy atom. The molecule has 1 saturated heterocycles. The van der Waals surface area contributed by atoms with Crippen LogP contribution in [0.15, 0.2) is 0 Å². The summed E-state index contributed by atoms with van der Waals surface area (Å²) in [5.74, 6) is -3.80. The number of fused-ring (bicyclic) bond motifs is 1. The van der Waals surface area contributed by atoms with Gasteiger partial charge in [0.15, 0.2) is 0 Å². The summed E-state index contributed by atoms with van der Waals surface area (Å²) in [5.41, 5.74) is -2.27. The van der Waals surface area contributed by atoms with Crippen LogP contribution in [-0.4, -0.2) is 69.4 Å². The Balaban J connectivity index is 1.80. The Hall–Kier alpha value is -2.65. The summed E-state index contributed by atoms with van der Waals surface area (Å²) in [5, 5.41) is 14.4. The predicted molar refractivity (Wildman–Crippen MR) is 117 cm³/mol. The third-order valence-corrected chi connectivity index (χ3v) is 7.11. The lowest BCUT2D eigenvalue weighted by molar-refractivity contribution is -0.151. The fraction of sp³-hybridized carbons (Fsp3) is 0.783. The molecule has 3 N–H and O–H groups in total. The van der Waals surface area contributed by atoms with Crippen molar-refractivity contribution in [1.82, 2.24) is 15.5 Å². The van der Waals surface area contributed by atoms with E-state index in [0.29, 0.717) is 6.54 Å². The van der Waals surface area contributed by atoms with Gasteiger partial charge in [-0.2, -0.15) is 0 Å². The summed E-state index contributed by atoms with van der Waals surface area (Å²) in [4.78, 5) is 63.9. The maximum Gasteiger partial charge on any atom is 0.408 e. The van der Waals surface area contributed by atoms with Crippen molar-refractivity contribution in [1.29, 1.82) is 0 Å². The monoisotopic (exact) mass is 465 g/mol. The third-order valence-electron chi connectivity index (χ3n) is 7.11. The van der Waals surface area contributed by atoms with E-state index in [1.54, 1.807) is 34.6 Å². The molecule has 33 heavy (non-hydrogen) atoms. The number of alkyl carbamates (subject to hydrolysis) is 1. The van der Waals surface area contributed by atoms with Gasteiger partial charge in [-0.05, 0) is 56.8 Å². The normalized spacial score (nSPS) is 27.3. The summed E-state index contributed by atoms with van der Waals surface area (Å²) in [6, 6.07) is -1.73. The molecule has 4 atom stereocenters. The first-order valence-electron chi connectivity index (χ1n) is 11.4. The molecule has 3 rings (SSSR count). The SMILES string of the molecule is CC(C)C(NC(=O)OC(C)(C)C)C(=O)N1CC2C(C1C(=O)NC1(C(=O)C(=O)O)CC1)C2(C)C. The van der Waals surface area contributed by atoms with Crippen LogP contribution in [0.2, 0.25) is 0 Å². The zero-order valence-electron chi connectivity index (χ0n) is 20.4. The van der Waals surface area contributed by atoms with Gasteiger partial charge < -0.3 is 25.4 Å². The number of carboxylic acid groups (broad SMARTS) is 1. The second kappa shape index (κ2) is 7.99. The van der Waals surface area contributed by atoms with E-state index in [-0.39, 0.29) is 36.0 Å².